The van der Waals surface area contributed by atoms with Gasteiger partial charge in [0.15, 0.2) is 0 Å². The monoisotopic (exact) mass is 440 g/mol. The van der Waals surface area contributed by atoms with Gasteiger partial charge in [0, 0.05) is 28.6 Å². The molecular formula is C27H25FN4O. The highest BCUT2D eigenvalue weighted by molar-refractivity contribution is 5.91. The number of nitrogens with zero attached hydrogens (tertiary/aromatic N) is 4. The van der Waals surface area contributed by atoms with E-state index >= 15 is 0 Å². The van der Waals surface area contributed by atoms with Crippen LogP contribution >= 0.6 is 0 Å². The van der Waals surface area contributed by atoms with Crippen molar-refractivity contribution in [3.8, 4) is 11.4 Å². The maximum absolute atomic E-state index is 13.4. The molecule has 1 fully saturated rings. The molecule has 2 aromatic carbocycles. The molecule has 0 spiro atoms. The Morgan fingerprint density at radius 2 is 1.97 bits per heavy atom. The maximum atomic E-state index is 13.4. The Morgan fingerprint density at radius 1 is 1.12 bits per heavy atom. The molecule has 0 saturated carbocycles. The standard InChI is InChI=1S/C27H25FN4O/c1-2-27-13-5-14-31-15-12-20-19-6-3-4-7-21(19)32(23(20)24(27)31)22(16-27)26-29-25(30-33-26)17-8-10-18(28)11-9-17/h3-4,6-11,16,24H,2,5,12-15H2,1H3/t24-,27?/m1/s1. The molecule has 3 aliphatic rings. The fraction of sp³-hybridized carbons (Fsp3) is 0.333. The van der Waals surface area contributed by atoms with Crippen molar-refractivity contribution in [1.29, 1.82) is 0 Å². The average Bonchev–Trinajstić information content (AvgIpc) is 3.47. The zero-order valence-corrected chi connectivity index (χ0v) is 18.6. The Balaban J connectivity index is 1.47. The SMILES string of the molecule is CCC12C=C(c3nc(-c4ccc(F)cc4)no3)n3c4c(c5ccccc53)CCN(CCC1)[C@H]42. The van der Waals surface area contributed by atoms with E-state index in [1.54, 1.807) is 12.1 Å². The number of rotatable bonds is 3. The summed E-state index contributed by atoms with van der Waals surface area (Å²) in [4.78, 5) is 7.48. The van der Waals surface area contributed by atoms with Crippen molar-refractivity contribution < 1.29 is 8.91 Å². The van der Waals surface area contributed by atoms with Gasteiger partial charge < -0.3 is 9.09 Å². The first-order chi connectivity index (χ1) is 16.2. The first-order valence-electron chi connectivity index (χ1n) is 11.9. The van der Waals surface area contributed by atoms with Crippen molar-refractivity contribution in [3.05, 3.63) is 77.6 Å². The molecule has 0 radical (unpaired) electrons. The summed E-state index contributed by atoms with van der Waals surface area (Å²) in [7, 11) is 0. The summed E-state index contributed by atoms with van der Waals surface area (Å²) in [5.41, 5.74) is 5.85. The Morgan fingerprint density at radius 3 is 2.82 bits per heavy atom. The quantitative estimate of drug-likeness (QED) is 0.403. The number of piperidine rings is 1. The second-order valence-corrected chi connectivity index (χ2v) is 9.55. The molecule has 1 unspecified atom stereocenters. The van der Waals surface area contributed by atoms with Gasteiger partial charge in [-0.25, -0.2) is 4.39 Å². The highest BCUT2D eigenvalue weighted by Crippen LogP contribution is 2.57. The second-order valence-electron chi connectivity index (χ2n) is 9.55. The van der Waals surface area contributed by atoms with Crippen LogP contribution in [0, 0.1) is 11.2 Å². The van der Waals surface area contributed by atoms with E-state index in [-0.39, 0.29) is 11.2 Å². The summed E-state index contributed by atoms with van der Waals surface area (Å²) in [6.07, 6.45) is 6.91. The van der Waals surface area contributed by atoms with E-state index in [1.807, 2.05) is 0 Å². The van der Waals surface area contributed by atoms with Gasteiger partial charge in [-0.15, -0.1) is 0 Å². The summed E-state index contributed by atoms with van der Waals surface area (Å²) in [5.74, 6) is 0.724. The highest BCUT2D eigenvalue weighted by Gasteiger charge is 2.50. The third-order valence-corrected chi connectivity index (χ3v) is 8.00. The second kappa shape index (κ2) is 6.87. The summed E-state index contributed by atoms with van der Waals surface area (Å²) >= 11 is 0. The normalized spacial score (nSPS) is 24.1. The van der Waals surface area contributed by atoms with E-state index in [0.29, 0.717) is 17.8 Å². The Hall–Kier alpha value is -3.25. The zero-order valence-electron chi connectivity index (χ0n) is 18.6. The van der Waals surface area contributed by atoms with Gasteiger partial charge in [-0.1, -0.05) is 30.3 Å². The van der Waals surface area contributed by atoms with Gasteiger partial charge >= 0.3 is 0 Å². The van der Waals surface area contributed by atoms with Gasteiger partial charge in [-0.3, -0.25) is 4.90 Å². The average molecular weight is 441 g/mol. The van der Waals surface area contributed by atoms with Crippen LogP contribution in [0.3, 0.4) is 0 Å². The molecule has 0 bridgehead atoms. The van der Waals surface area contributed by atoms with E-state index < -0.39 is 0 Å². The van der Waals surface area contributed by atoms with Gasteiger partial charge in [-0.05, 0) is 74.2 Å². The Labute approximate surface area is 191 Å². The van der Waals surface area contributed by atoms with Crippen LogP contribution in [0.5, 0.6) is 0 Å². The first kappa shape index (κ1) is 19.2. The van der Waals surface area contributed by atoms with Crippen LogP contribution in [0.2, 0.25) is 0 Å². The molecule has 33 heavy (non-hydrogen) atoms. The van der Waals surface area contributed by atoms with Crippen molar-refractivity contribution in [2.24, 2.45) is 5.41 Å². The maximum Gasteiger partial charge on any atom is 0.274 e. The van der Waals surface area contributed by atoms with Crippen LogP contribution in [0.25, 0.3) is 28.0 Å². The van der Waals surface area contributed by atoms with Crippen molar-refractivity contribution in [2.75, 3.05) is 13.1 Å². The van der Waals surface area contributed by atoms with Crippen molar-refractivity contribution in [1.82, 2.24) is 19.6 Å². The van der Waals surface area contributed by atoms with Gasteiger partial charge in [0.2, 0.25) is 5.82 Å². The van der Waals surface area contributed by atoms with E-state index in [4.69, 9.17) is 9.51 Å². The number of hydrogen-bond donors (Lipinski definition) is 0. The highest BCUT2D eigenvalue weighted by atomic mass is 19.1. The summed E-state index contributed by atoms with van der Waals surface area (Å²) < 4.78 is 21.6. The number of hydrogen-bond acceptors (Lipinski definition) is 4. The molecular weight excluding hydrogens is 415 g/mol. The molecule has 4 aromatic rings. The van der Waals surface area contributed by atoms with E-state index in [2.05, 4.69) is 51.9 Å². The number of para-hydroxylation sites is 1. The molecule has 5 heterocycles. The molecule has 7 rings (SSSR count). The third kappa shape index (κ3) is 2.61. The van der Waals surface area contributed by atoms with Crippen molar-refractivity contribution in [3.63, 3.8) is 0 Å². The lowest BCUT2D eigenvalue weighted by Crippen LogP contribution is -2.50. The van der Waals surface area contributed by atoms with Gasteiger partial charge in [-0.2, -0.15) is 4.98 Å². The molecule has 0 amide bonds. The molecule has 0 aliphatic carbocycles. The Bertz CT molecular complexity index is 1420. The minimum absolute atomic E-state index is 0.0532. The van der Waals surface area contributed by atoms with Crippen LogP contribution in [-0.2, 0) is 6.42 Å². The minimum atomic E-state index is -0.277. The van der Waals surface area contributed by atoms with Crippen LogP contribution in [-0.4, -0.2) is 32.7 Å². The van der Waals surface area contributed by atoms with Crippen molar-refractivity contribution in [2.45, 2.75) is 38.6 Å². The van der Waals surface area contributed by atoms with Crippen LogP contribution < -0.4 is 0 Å². The number of benzene rings is 2. The molecule has 6 heteroatoms. The molecule has 0 N–H and O–H groups in total. The largest absolute Gasteiger partial charge is 0.332 e. The zero-order chi connectivity index (χ0) is 22.2. The van der Waals surface area contributed by atoms with Gasteiger partial charge in [0.05, 0.1) is 11.6 Å². The van der Waals surface area contributed by atoms with Gasteiger partial charge in [0.25, 0.3) is 5.89 Å². The molecule has 5 nitrogen and oxygen atoms in total. The van der Waals surface area contributed by atoms with Crippen LogP contribution in [0.15, 0.2) is 59.1 Å². The first-order valence-corrected chi connectivity index (χ1v) is 11.9. The smallest absolute Gasteiger partial charge is 0.274 e. The fourth-order valence-corrected chi connectivity index (χ4v) is 6.48. The number of fused-ring (bicyclic) bond motifs is 3. The fourth-order valence-electron chi connectivity index (χ4n) is 6.48. The van der Waals surface area contributed by atoms with Gasteiger partial charge in [0.1, 0.15) is 11.5 Å². The van der Waals surface area contributed by atoms with Crippen LogP contribution in [0.4, 0.5) is 4.39 Å². The van der Waals surface area contributed by atoms with Crippen molar-refractivity contribution >= 4 is 16.6 Å². The lowest BCUT2D eigenvalue weighted by molar-refractivity contribution is 0.0269. The molecule has 2 atom stereocenters. The van der Waals surface area contributed by atoms with E-state index in [1.165, 1.54) is 40.7 Å². The number of aromatic nitrogens is 3. The van der Waals surface area contributed by atoms with E-state index in [0.717, 1.165) is 43.6 Å². The molecule has 2 aromatic heterocycles. The molecule has 166 valence electrons. The Kier molecular flexibility index (Phi) is 4.01. The van der Waals surface area contributed by atoms with Crippen LogP contribution in [0.1, 0.15) is 49.4 Å². The molecule has 3 aliphatic heterocycles. The third-order valence-electron chi connectivity index (χ3n) is 8.00. The lowest BCUT2D eigenvalue weighted by atomic mass is 9.66. The summed E-state index contributed by atoms with van der Waals surface area (Å²) in [6, 6.07) is 15.3. The minimum Gasteiger partial charge on any atom is -0.332 e. The summed E-state index contributed by atoms with van der Waals surface area (Å²) in [6.45, 7) is 4.58. The predicted molar refractivity (Wildman–Crippen MR) is 125 cm³/mol. The topological polar surface area (TPSA) is 47.1 Å². The number of halogens is 1. The lowest BCUT2D eigenvalue weighted by Gasteiger charge is -2.53. The summed E-state index contributed by atoms with van der Waals surface area (Å²) in [5, 5.41) is 5.59. The van der Waals surface area contributed by atoms with E-state index in [9.17, 15) is 4.39 Å². The molecule has 1 saturated heterocycles. The predicted octanol–water partition coefficient (Wildman–Crippen LogP) is 5.82.